The van der Waals surface area contributed by atoms with Crippen LogP contribution in [0.1, 0.15) is 41.4 Å². The average Bonchev–Trinajstić information content (AvgIpc) is 3.07. The molecule has 0 radical (unpaired) electrons. The molecule has 0 fully saturated rings. The van der Waals surface area contributed by atoms with Crippen LogP contribution in [0.4, 0.5) is 18.9 Å². The molecule has 1 N–H and O–H groups in total. The van der Waals surface area contributed by atoms with Gasteiger partial charge in [0.15, 0.2) is 5.82 Å². The van der Waals surface area contributed by atoms with Crippen LogP contribution in [0.25, 0.3) is 5.82 Å². The van der Waals surface area contributed by atoms with Gasteiger partial charge in [0.05, 0.1) is 23.0 Å². The highest BCUT2D eigenvalue weighted by Crippen LogP contribution is 2.29. The van der Waals surface area contributed by atoms with E-state index in [1.165, 1.54) is 16.9 Å². The summed E-state index contributed by atoms with van der Waals surface area (Å²) in [4.78, 5) is 16.5. The van der Waals surface area contributed by atoms with Crippen LogP contribution >= 0.6 is 0 Å². The van der Waals surface area contributed by atoms with Gasteiger partial charge in [-0.25, -0.2) is 9.67 Å². The SMILES string of the molecule is CC(C)c1c(C(=O)Nc2ccccc2)cnn1-c1ccc(C(F)(F)F)cn1. The van der Waals surface area contributed by atoms with Gasteiger partial charge in [0.2, 0.25) is 0 Å². The van der Waals surface area contributed by atoms with Crippen LogP contribution < -0.4 is 5.32 Å². The molecular formula is C19H17F3N4O. The number of amides is 1. The number of aromatic nitrogens is 3. The molecule has 27 heavy (non-hydrogen) atoms. The first kappa shape index (κ1) is 18.6. The third kappa shape index (κ3) is 3.99. The Labute approximate surface area is 153 Å². The lowest BCUT2D eigenvalue weighted by Crippen LogP contribution is -2.16. The van der Waals surface area contributed by atoms with Gasteiger partial charge < -0.3 is 5.32 Å². The first-order chi connectivity index (χ1) is 12.8. The number of anilines is 1. The first-order valence-corrected chi connectivity index (χ1v) is 8.25. The smallest absolute Gasteiger partial charge is 0.322 e. The summed E-state index contributed by atoms with van der Waals surface area (Å²) in [6.45, 7) is 3.74. The Morgan fingerprint density at radius 2 is 1.78 bits per heavy atom. The third-order valence-corrected chi connectivity index (χ3v) is 3.92. The predicted octanol–water partition coefficient (Wildman–Crippen LogP) is 4.66. The van der Waals surface area contributed by atoms with Crippen molar-refractivity contribution in [2.24, 2.45) is 0 Å². The second-order valence-electron chi connectivity index (χ2n) is 6.23. The van der Waals surface area contributed by atoms with Crippen molar-refractivity contribution in [3.05, 3.63) is 71.7 Å². The number of nitrogens with one attached hydrogen (secondary N) is 1. The molecule has 2 heterocycles. The molecule has 3 aromatic rings. The van der Waals surface area contributed by atoms with Crippen LogP contribution in [0.15, 0.2) is 54.9 Å². The molecule has 3 rings (SSSR count). The molecule has 0 aliphatic heterocycles. The van der Waals surface area contributed by atoms with Crippen LogP contribution in [-0.4, -0.2) is 20.7 Å². The van der Waals surface area contributed by atoms with Gasteiger partial charge in [0, 0.05) is 11.9 Å². The zero-order valence-corrected chi connectivity index (χ0v) is 14.7. The molecule has 140 valence electrons. The van der Waals surface area contributed by atoms with E-state index in [0.717, 1.165) is 12.3 Å². The summed E-state index contributed by atoms with van der Waals surface area (Å²) in [6, 6.07) is 11.1. The molecular weight excluding hydrogens is 357 g/mol. The summed E-state index contributed by atoms with van der Waals surface area (Å²) in [7, 11) is 0. The Balaban J connectivity index is 1.95. The van der Waals surface area contributed by atoms with E-state index in [2.05, 4.69) is 15.4 Å². The molecule has 0 aliphatic carbocycles. The Morgan fingerprint density at radius 1 is 1.07 bits per heavy atom. The van der Waals surface area contributed by atoms with Crippen molar-refractivity contribution in [2.75, 3.05) is 5.32 Å². The van der Waals surface area contributed by atoms with Gasteiger partial charge >= 0.3 is 6.18 Å². The number of carbonyl (C=O) groups is 1. The van der Waals surface area contributed by atoms with Gasteiger partial charge in [-0.3, -0.25) is 4.79 Å². The molecule has 0 aliphatic rings. The minimum Gasteiger partial charge on any atom is -0.322 e. The van der Waals surface area contributed by atoms with E-state index in [1.54, 1.807) is 24.3 Å². The monoisotopic (exact) mass is 374 g/mol. The zero-order chi connectivity index (χ0) is 19.6. The topological polar surface area (TPSA) is 59.8 Å². The summed E-state index contributed by atoms with van der Waals surface area (Å²) in [5, 5.41) is 6.96. The minimum atomic E-state index is -4.46. The van der Waals surface area contributed by atoms with E-state index in [1.807, 2.05) is 19.9 Å². The highest BCUT2D eigenvalue weighted by atomic mass is 19.4. The van der Waals surface area contributed by atoms with Crippen molar-refractivity contribution in [3.63, 3.8) is 0 Å². The number of pyridine rings is 1. The molecule has 2 aromatic heterocycles. The summed E-state index contributed by atoms with van der Waals surface area (Å²) >= 11 is 0. The Morgan fingerprint density at radius 3 is 2.33 bits per heavy atom. The number of benzene rings is 1. The van der Waals surface area contributed by atoms with Gasteiger partial charge in [-0.15, -0.1) is 0 Å². The second kappa shape index (κ2) is 7.22. The lowest BCUT2D eigenvalue weighted by atomic mass is 10.1. The van der Waals surface area contributed by atoms with Crippen LogP contribution in [0.2, 0.25) is 0 Å². The van der Waals surface area contributed by atoms with E-state index in [9.17, 15) is 18.0 Å². The molecule has 1 amide bonds. The highest BCUT2D eigenvalue weighted by Gasteiger charge is 2.31. The summed E-state index contributed by atoms with van der Waals surface area (Å²) in [6.07, 6.45) is -2.31. The number of rotatable bonds is 4. The lowest BCUT2D eigenvalue weighted by Gasteiger charge is -2.13. The van der Waals surface area contributed by atoms with Crippen molar-refractivity contribution >= 4 is 11.6 Å². The standard InChI is InChI=1S/C19H17F3N4O/c1-12(2)17-15(18(27)25-14-6-4-3-5-7-14)11-24-26(17)16-9-8-13(10-23-16)19(20,21)22/h3-12H,1-2H3,(H,25,27). The maximum absolute atomic E-state index is 12.7. The molecule has 0 saturated heterocycles. The Kier molecular flexibility index (Phi) is 4.98. The fourth-order valence-electron chi connectivity index (χ4n) is 2.67. The molecule has 1 aromatic carbocycles. The van der Waals surface area contributed by atoms with E-state index in [4.69, 9.17) is 0 Å². The van der Waals surface area contributed by atoms with E-state index >= 15 is 0 Å². The van der Waals surface area contributed by atoms with Crippen LogP contribution in [0.3, 0.4) is 0 Å². The molecule has 0 unspecified atom stereocenters. The van der Waals surface area contributed by atoms with Crippen molar-refractivity contribution in [2.45, 2.75) is 25.9 Å². The van der Waals surface area contributed by atoms with Gasteiger partial charge in [-0.05, 0) is 30.2 Å². The quantitative estimate of drug-likeness (QED) is 0.722. The number of halogens is 3. The lowest BCUT2D eigenvalue weighted by molar-refractivity contribution is -0.137. The van der Waals surface area contributed by atoms with Gasteiger partial charge in [-0.2, -0.15) is 18.3 Å². The molecule has 5 nitrogen and oxygen atoms in total. The van der Waals surface area contributed by atoms with Gasteiger partial charge in [-0.1, -0.05) is 32.0 Å². The number of nitrogens with zero attached hydrogens (tertiary/aromatic N) is 3. The Hall–Kier alpha value is -3.16. The summed E-state index contributed by atoms with van der Waals surface area (Å²) in [5.74, 6) is -0.235. The number of carbonyl (C=O) groups excluding carboxylic acids is 1. The second-order valence-corrected chi connectivity index (χ2v) is 6.23. The molecule has 0 atom stereocenters. The van der Waals surface area contributed by atoms with E-state index in [0.29, 0.717) is 16.9 Å². The largest absolute Gasteiger partial charge is 0.417 e. The van der Waals surface area contributed by atoms with Crippen LogP contribution in [0.5, 0.6) is 0 Å². The first-order valence-electron chi connectivity index (χ1n) is 8.25. The minimum absolute atomic E-state index is 0.104. The normalized spacial score (nSPS) is 11.6. The fourth-order valence-corrected chi connectivity index (χ4v) is 2.67. The van der Waals surface area contributed by atoms with Crippen molar-refractivity contribution in [1.82, 2.24) is 14.8 Å². The molecule has 0 saturated carbocycles. The van der Waals surface area contributed by atoms with Crippen LogP contribution in [-0.2, 0) is 6.18 Å². The van der Waals surface area contributed by atoms with E-state index in [-0.39, 0.29) is 17.6 Å². The van der Waals surface area contributed by atoms with Crippen molar-refractivity contribution < 1.29 is 18.0 Å². The van der Waals surface area contributed by atoms with Crippen molar-refractivity contribution in [1.29, 1.82) is 0 Å². The van der Waals surface area contributed by atoms with Gasteiger partial charge in [0.25, 0.3) is 5.91 Å². The molecule has 0 spiro atoms. The number of alkyl halides is 3. The zero-order valence-electron chi connectivity index (χ0n) is 14.7. The summed E-state index contributed by atoms with van der Waals surface area (Å²) in [5.41, 5.74) is 0.704. The predicted molar refractivity (Wildman–Crippen MR) is 94.8 cm³/mol. The van der Waals surface area contributed by atoms with Gasteiger partial charge in [0.1, 0.15) is 0 Å². The van der Waals surface area contributed by atoms with Crippen LogP contribution in [0, 0.1) is 0 Å². The Bertz CT molecular complexity index is 932. The fraction of sp³-hybridized carbons (Fsp3) is 0.211. The number of para-hydroxylation sites is 1. The maximum Gasteiger partial charge on any atom is 0.417 e. The highest BCUT2D eigenvalue weighted by molar-refractivity contribution is 6.05. The number of hydrogen-bond donors (Lipinski definition) is 1. The molecule has 0 bridgehead atoms. The summed E-state index contributed by atoms with van der Waals surface area (Å²) < 4.78 is 39.6. The number of hydrogen-bond acceptors (Lipinski definition) is 3. The van der Waals surface area contributed by atoms with E-state index < -0.39 is 11.7 Å². The maximum atomic E-state index is 12.7. The molecule has 8 heteroatoms. The third-order valence-electron chi connectivity index (χ3n) is 3.92. The van der Waals surface area contributed by atoms with Crippen molar-refractivity contribution in [3.8, 4) is 5.82 Å². The average molecular weight is 374 g/mol.